The molecule has 0 aliphatic rings. The van der Waals surface area contributed by atoms with Crippen molar-refractivity contribution in [1.82, 2.24) is 0 Å². The van der Waals surface area contributed by atoms with E-state index in [0.717, 1.165) is 16.6 Å². The van der Waals surface area contributed by atoms with E-state index in [1.165, 1.54) is 49.9 Å². The van der Waals surface area contributed by atoms with Gasteiger partial charge in [0, 0.05) is 10.8 Å². The molecule has 0 fully saturated rings. The molecule has 1 nitrogen and oxygen atoms in total. The van der Waals surface area contributed by atoms with Gasteiger partial charge in [-0.05, 0) is 74.8 Å². The average molecular weight is 473 g/mol. The third kappa shape index (κ3) is 3.91. The first-order valence-corrected chi connectivity index (χ1v) is 12.6. The van der Waals surface area contributed by atoms with Gasteiger partial charge in [0.25, 0.3) is 0 Å². The smallest absolute Gasteiger partial charge is 0.136 e. The molecule has 0 radical (unpaired) electrons. The molecule has 7 aromatic rings. The zero-order valence-electron chi connectivity index (χ0n) is 20.3. The molecule has 7 rings (SSSR count). The van der Waals surface area contributed by atoms with Crippen molar-refractivity contribution in [2.24, 2.45) is 0 Å². The van der Waals surface area contributed by atoms with E-state index >= 15 is 0 Å². The summed E-state index contributed by atoms with van der Waals surface area (Å²) in [6.07, 6.45) is 0. The van der Waals surface area contributed by atoms with Crippen molar-refractivity contribution < 1.29 is 4.42 Å². The molecule has 0 aliphatic heterocycles. The minimum Gasteiger partial charge on any atom is -0.456 e. The van der Waals surface area contributed by atoms with Crippen molar-refractivity contribution in [2.45, 2.75) is 0 Å². The number of rotatable bonds is 4. The maximum Gasteiger partial charge on any atom is 0.136 e. The largest absolute Gasteiger partial charge is 0.456 e. The van der Waals surface area contributed by atoms with Crippen LogP contribution in [0.5, 0.6) is 0 Å². The van der Waals surface area contributed by atoms with Gasteiger partial charge >= 0.3 is 0 Å². The Balaban J connectivity index is 1.34. The van der Waals surface area contributed by atoms with E-state index in [2.05, 4.69) is 127 Å². The van der Waals surface area contributed by atoms with Crippen LogP contribution in [0.25, 0.3) is 66.4 Å². The number of furan rings is 1. The Kier molecular flexibility index (Phi) is 5.19. The Morgan fingerprint density at radius 1 is 0.324 bits per heavy atom. The summed E-state index contributed by atoms with van der Waals surface area (Å²) in [7, 11) is 0. The molecule has 0 N–H and O–H groups in total. The molecule has 0 unspecified atom stereocenters. The van der Waals surface area contributed by atoms with Crippen LogP contribution in [0.2, 0.25) is 0 Å². The Morgan fingerprint density at radius 3 is 1.43 bits per heavy atom. The van der Waals surface area contributed by atoms with E-state index in [1.54, 1.807) is 0 Å². The molecular formula is C36H24O. The molecule has 0 spiro atoms. The third-order valence-corrected chi connectivity index (χ3v) is 7.08. The van der Waals surface area contributed by atoms with Crippen LogP contribution in [0.15, 0.2) is 150 Å². The maximum absolute atomic E-state index is 6.12. The van der Waals surface area contributed by atoms with Crippen LogP contribution in [-0.2, 0) is 0 Å². The van der Waals surface area contributed by atoms with Crippen molar-refractivity contribution >= 4 is 21.9 Å². The number of benzene rings is 6. The zero-order valence-corrected chi connectivity index (χ0v) is 20.3. The predicted molar refractivity (Wildman–Crippen MR) is 155 cm³/mol. The lowest BCUT2D eigenvalue weighted by atomic mass is 9.92. The summed E-state index contributed by atoms with van der Waals surface area (Å²) >= 11 is 0. The molecular weight excluding hydrogens is 448 g/mol. The van der Waals surface area contributed by atoms with Gasteiger partial charge in [0.1, 0.15) is 11.2 Å². The summed E-state index contributed by atoms with van der Waals surface area (Å²) in [5, 5.41) is 2.32. The van der Waals surface area contributed by atoms with Gasteiger partial charge in [0.05, 0.1) is 0 Å². The SMILES string of the molecule is c1ccc(-c2cc(-c3ccccc3)cc(-c3ccc(-c4cccc5oc6ccccc6c45)cc3)c2)cc1. The fourth-order valence-corrected chi connectivity index (χ4v) is 5.25. The quantitative estimate of drug-likeness (QED) is 0.248. The van der Waals surface area contributed by atoms with Crippen molar-refractivity contribution in [2.75, 3.05) is 0 Å². The van der Waals surface area contributed by atoms with Crippen LogP contribution in [-0.4, -0.2) is 0 Å². The van der Waals surface area contributed by atoms with E-state index in [9.17, 15) is 0 Å². The van der Waals surface area contributed by atoms with Crippen LogP contribution >= 0.6 is 0 Å². The van der Waals surface area contributed by atoms with Crippen LogP contribution in [0.3, 0.4) is 0 Å². The average Bonchev–Trinajstić information content (AvgIpc) is 3.37. The van der Waals surface area contributed by atoms with Crippen LogP contribution < -0.4 is 0 Å². The molecule has 174 valence electrons. The molecule has 0 amide bonds. The molecule has 1 heteroatoms. The number of hydrogen-bond donors (Lipinski definition) is 0. The highest BCUT2D eigenvalue weighted by Crippen LogP contribution is 2.38. The van der Waals surface area contributed by atoms with Gasteiger partial charge in [-0.15, -0.1) is 0 Å². The standard InChI is InChI=1S/C36H24O/c1-3-10-25(11-4-1)29-22-30(26-12-5-2-6-13-26)24-31(23-29)27-18-20-28(21-19-27)32-15-9-17-35-36(32)33-14-7-8-16-34(33)37-35/h1-24H. The van der Waals surface area contributed by atoms with Crippen LogP contribution in [0.1, 0.15) is 0 Å². The minimum absolute atomic E-state index is 0.922. The fraction of sp³-hybridized carbons (Fsp3) is 0. The highest BCUT2D eigenvalue weighted by molar-refractivity contribution is 6.12. The topological polar surface area (TPSA) is 13.1 Å². The van der Waals surface area contributed by atoms with Gasteiger partial charge in [-0.1, -0.05) is 115 Å². The van der Waals surface area contributed by atoms with Crippen LogP contribution in [0, 0.1) is 0 Å². The van der Waals surface area contributed by atoms with Crippen LogP contribution in [0.4, 0.5) is 0 Å². The Hall–Kier alpha value is -4.88. The third-order valence-electron chi connectivity index (χ3n) is 7.08. The maximum atomic E-state index is 6.12. The predicted octanol–water partition coefficient (Wildman–Crippen LogP) is 10.3. The molecule has 0 aliphatic carbocycles. The summed E-state index contributed by atoms with van der Waals surface area (Å²) in [5.74, 6) is 0. The van der Waals surface area contributed by atoms with Crippen molar-refractivity contribution in [3.63, 3.8) is 0 Å². The monoisotopic (exact) mass is 472 g/mol. The lowest BCUT2D eigenvalue weighted by Gasteiger charge is -2.12. The number of fused-ring (bicyclic) bond motifs is 3. The van der Waals surface area contributed by atoms with Gasteiger partial charge in [-0.25, -0.2) is 0 Å². The van der Waals surface area contributed by atoms with Crippen molar-refractivity contribution in [3.8, 4) is 44.5 Å². The van der Waals surface area contributed by atoms with E-state index in [-0.39, 0.29) is 0 Å². The zero-order chi connectivity index (χ0) is 24.6. The summed E-state index contributed by atoms with van der Waals surface area (Å²) in [6.45, 7) is 0. The lowest BCUT2D eigenvalue weighted by Crippen LogP contribution is -1.86. The second-order valence-corrected chi connectivity index (χ2v) is 9.39. The molecule has 1 heterocycles. The number of hydrogen-bond acceptors (Lipinski definition) is 1. The first-order chi connectivity index (χ1) is 18.3. The minimum atomic E-state index is 0.922. The van der Waals surface area contributed by atoms with E-state index < -0.39 is 0 Å². The molecule has 6 aromatic carbocycles. The van der Waals surface area contributed by atoms with Crippen molar-refractivity contribution in [1.29, 1.82) is 0 Å². The van der Waals surface area contributed by atoms with Gasteiger partial charge in [-0.2, -0.15) is 0 Å². The molecule has 0 atom stereocenters. The van der Waals surface area contributed by atoms with Gasteiger partial charge < -0.3 is 4.42 Å². The molecule has 1 aromatic heterocycles. The first kappa shape index (κ1) is 21.4. The summed E-state index contributed by atoms with van der Waals surface area (Å²) in [4.78, 5) is 0. The Labute approximate surface area is 216 Å². The second-order valence-electron chi connectivity index (χ2n) is 9.39. The molecule has 37 heavy (non-hydrogen) atoms. The first-order valence-electron chi connectivity index (χ1n) is 12.6. The molecule has 0 saturated heterocycles. The lowest BCUT2D eigenvalue weighted by molar-refractivity contribution is 0.669. The Morgan fingerprint density at radius 2 is 0.811 bits per heavy atom. The van der Waals surface area contributed by atoms with Gasteiger partial charge in [-0.3, -0.25) is 0 Å². The summed E-state index contributed by atoms with van der Waals surface area (Å²) in [6, 6.07) is 51.6. The van der Waals surface area contributed by atoms with Gasteiger partial charge in [0.2, 0.25) is 0 Å². The molecule has 0 saturated carbocycles. The second kappa shape index (κ2) is 8.96. The summed E-state index contributed by atoms with van der Waals surface area (Å²) < 4.78 is 6.12. The van der Waals surface area contributed by atoms with Crippen molar-refractivity contribution in [3.05, 3.63) is 146 Å². The van der Waals surface area contributed by atoms with E-state index in [4.69, 9.17) is 4.42 Å². The Bertz CT molecular complexity index is 1790. The number of para-hydroxylation sites is 1. The summed E-state index contributed by atoms with van der Waals surface area (Å²) in [5.41, 5.74) is 11.5. The fourth-order valence-electron chi connectivity index (χ4n) is 5.25. The van der Waals surface area contributed by atoms with E-state index in [0.29, 0.717) is 0 Å². The highest BCUT2D eigenvalue weighted by atomic mass is 16.3. The van der Waals surface area contributed by atoms with E-state index in [1.807, 2.05) is 18.2 Å². The molecule has 0 bridgehead atoms. The highest BCUT2D eigenvalue weighted by Gasteiger charge is 2.13. The van der Waals surface area contributed by atoms with Gasteiger partial charge in [0.15, 0.2) is 0 Å². The normalized spacial score (nSPS) is 11.2.